The fraction of sp³-hybridized carbons (Fsp3) is 0.234. The van der Waals surface area contributed by atoms with Crippen LogP contribution in [-0.4, -0.2) is 21.0 Å². The van der Waals surface area contributed by atoms with Crippen LogP contribution in [0.15, 0.2) is 114 Å². The van der Waals surface area contributed by atoms with Crippen molar-refractivity contribution in [1.82, 2.24) is 9.55 Å². The molecule has 0 fully saturated rings. The quantitative estimate of drug-likeness (QED) is 0.166. The van der Waals surface area contributed by atoms with Gasteiger partial charge in [0, 0.05) is 39.4 Å². The maximum absolute atomic E-state index is 6.98. The number of benzene rings is 5. The summed E-state index contributed by atoms with van der Waals surface area (Å²) in [6.07, 6.45) is 1.86. The number of hydrogen-bond acceptors (Lipinski definition) is 4. The Morgan fingerprint density at radius 3 is 2.21 bits per heavy atom. The van der Waals surface area contributed by atoms with Gasteiger partial charge in [-0.25, -0.2) is 4.98 Å². The molecule has 4 heterocycles. The number of rotatable bonds is 4. The van der Waals surface area contributed by atoms with Gasteiger partial charge < -0.3 is 14.0 Å². The molecule has 5 aromatic carbocycles. The minimum atomic E-state index is -0.634. The maximum atomic E-state index is 6.98. The van der Waals surface area contributed by atoms with Gasteiger partial charge in [-0.1, -0.05) is 136 Å². The van der Waals surface area contributed by atoms with E-state index >= 15 is 0 Å². The average Bonchev–Trinajstić information content (AvgIpc) is 3.68. The molecule has 6 heteroatoms. The number of nitrogens with zero attached hydrogens (tertiary/aromatic N) is 3. The smallest absolute Gasteiger partial charge is 0.508 e. The third-order valence-corrected chi connectivity index (χ3v) is 12.6. The molecule has 53 heavy (non-hydrogen) atoms. The van der Waals surface area contributed by atoms with Gasteiger partial charge in [0.2, 0.25) is 0 Å². The summed E-state index contributed by atoms with van der Waals surface area (Å²) >= 11 is 0. The largest absolute Gasteiger partial charge is 2.00 e. The van der Waals surface area contributed by atoms with Crippen LogP contribution in [0.2, 0.25) is 0 Å². The minimum Gasteiger partial charge on any atom is -0.508 e. The fourth-order valence-corrected chi connectivity index (χ4v) is 9.26. The first-order chi connectivity index (χ1) is 24.9. The first-order valence-corrected chi connectivity index (χ1v) is 18.1. The van der Waals surface area contributed by atoms with Crippen LogP contribution in [0.5, 0.6) is 11.5 Å². The molecule has 3 aliphatic rings. The Bertz CT molecular complexity index is 2690. The first kappa shape index (κ1) is 33.8. The van der Waals surface area contributed by atoms with Crippen LogP contribution < -0.4 is 4.74 Å². The van der Waals surface area contributed by atoms with E-state index < -0.39 is 11.1 Å². The summed E-state index contributed by atoms with van der Waals surface area (Å²) in [6.45, 7) is 15.6. The molecule has 0 radical (unpaired) electrons. The van der Waals surface area contributed by atoms with Gasteiger partial charge >= 0.3 is 21.1 Å². The third-order valence-electron chi connectivity index (χ3n) is 12.6. The molecule has 10 rings (SSSR count). The zero-order valence-electron chi connectivity index (χ0n) is 30.9. The molecule has 0 saturated carbocycles. The van der Waals surface area contributed by atoms with Crippen LogP contribution >= 0.6 is 0 Å². The van der Waals surface area contributed by atoms with Crippen molar-refractivity contribution in [2.45, 2.75) is 70.4 Å². The van der Waals surface area contributed by atoms with Crippen molar-refractivity contribution in [3.8, 4) is 28.3 Å². The van der Waals surface area contributed by atoms with Gasteiger partial charge in [0.15, 0.2) is 0 Å². The second-order valence-electron chi connectivity index (χ2n) is 16.0. The zero-order chi connectivity index (χ0) is 35.8. The Kier molecular flexibility index (Phi) is 7.18. The Balaban J connectivity index is 0.00000372. The second kappa shape index (κ2) is 11.3. The summed E-state index contributed by atoms with van der Waals surface area (Å²) in [5.41, 5.74) is 10.1. The number of aryl methyl sites for hydroxylation is 1. The number of fused-ring (bicyclic) bond motifs is 8. The Morgan fingerprint density at radius 1 is 0.698 bits per heavy atom. The first-order valence-electron chi connectivity index (χ1n) is 18.1. The molecule has 0 unspecified atom stereocenters. The predicted molar refractivity (Wildman–Crippen MR) is 208 cm³/mol. The third kappa shape index (κ3) is 4.41. The molecule has 0 saturated heterocycles. The number of pyridine rings is 1. The van der Waals surface area contributed by atoms with E-state index in [2.05, 4.69) is 156 Å². The molecule has 1 aliphatic carbocycles. The van der Waals surface area contributed by atoms with Crippen molar-refractivity contribution >= 4 is 27.8 Å². The molecule has 0 spiro atoms. The van der Waals surface area contributed by atoms with E-state index in [-0.39, 0.29) is 31.9 Å². The van der Waals surface area contributed by atoms with E-state index in [4.69, 9.17) is 19.5 Å². The van der Waals surface area contributed by atoms with Crippen LogP contribution in [0.4, 0.5) is 0 Å². The molecule has 264 valence electrons. The van der Waals surface area contributed by atoms with Crippen molar-refractivity contribution < 1.29 is 30.5 Å². The normalized spacial score (nSPS) is 21.3. The molecular weight excluding hydrogens is 834 g/mol. The number of aromatic nitrogens is 2. The Hall–Kier alpha value is -4.99. The number of hydrogen-bond donors (Lipinski definition) is 0. The molecule has 7 aromatic rings. The van der Waals surface area contributed by atoms with Gasteiger partial charge in [-0.3, -0.25) is 4.99 Å². The van der Waals surface area contributed by atoms with E-state index in [1.807, 2.05) is 18.3 Å². The Labute approximate surface area is 325 Å². The van der Waals surface area contributed by atoms with Crippen molar-refractivity contribution in [3.05, 3.63) is 155 Å². The van der Waals surface area contributed by atoms with E-state index in [1.165, 1.54) is 33.2 Å². The SMILES string of the molecule is Cc1cc2c([c-]c1Oc1[c-]c(C3=N[C@]4(C)C(C)(C)c5ccccc5[C@]4(C)O3)cc(-c3ccccc3)c1)-n1c3ncccc3c3cccc(c31)C2(C)C.[Pt+2]. The van der Waals surface area contributed by atoms with Crippen LogP contribution in [0.3, 0.4) is 0 Å². The summed E-state index contributed by atoms with van der Waals surface area (Å²) < 4.78 is 16.1. The van der Waals surface area contributed by atoms with Gasteiger partial charge in [0.25, 0.3) is 0 Å². The van der Waals surface area contributed by atoms with Gasteiger partial charge in [-0.05, 0) is 48.1 Å². The molecule has 2 atom stereocenters. The molecule has 0 amide bonds. The van der Waals surface area contributed by atoms with Crippen molar-refractivity contribution in [3.63, 3.8) is 0 Å². The summed E-state index contributed by atoms with van der Waals surface area (Å²) in [5.74, 6) is 1.80. The van der Waals surface area contributed by atoms with Gasteiger partial charge in [-0.15, -0.1) is 23.3 Å². The van der Waals surface area contributed by atoms with Gasteiger partial charge in [0.1, 0.15) is 22.7 Å². The number of aliphatic imine (C=N–C) groups is 1. The van der Waals surface area contributed by atoms with Crippen molar-refractivity contribution in [2.24, 2.45) is 4.99 Å². The van der Waals surface area contributed by atoms with E-state index in [1.54, 1.807) is 0 Å². The van der Waals surface area contributed by atoms with Crippen LogP contribution in [0.1, 0.15) is 74.9 Å². The average molecular weight is 873 g/mol. The van der Waals surface area contributed by atoms with Crippen molar-refractivity contribution in [1.29, 1.82) is 0 Å². The predicted octanol–water partition coefficient (Wildman–Crippen LogP) is 10.9. The number of para-hydroxylation sites is 1. The zero-order valence-corrected chi connectivity index (χ0v) is 33.1. The molecule has 2 aromatic heterocycles. The molecule has 0 bridgehead atoms. The monoisotopic (exact) mass is 872 g/mol. The molecule has 0 N–H and O–H groups in total. The minimum absolute atomic E-state index is 0. The maximum Gasteiger partial charge on any atom is 2.00 e. The number of ether oxygens (including phenoxy) is 2. The van der Waals surface area contributed by atoms with Gasteiger partial charge in [-0.2, -0.15) is 6.07 Å². The standard InChI is InChI=1S/C47H39N3O2.Pt/c1-28-23-38-39(50-41-33(34-18-14-22-48-42(34)50)17-13-21-37(41)44(38,2)3)27-40(28)51-32-25-30(29-15-9-8-10-16-29)24-31(26-32)43-49-47(7)45(4,5)35-19-11-12-20-36(35)46(47,6)52-43;/h8-25H,1-7H3;/q-2;+2/t46-,47+;/m0./s1. The molecular formula is C47H39N3O2Pt. The van der Waals surface area contributed by atoms with E-state index in [0.717, 1.165) is 39.0 Å². The van der Waals surface area contributed by atoms with Crippen LogP contribution in [0.25, 0.3) is 38.8 Å². The van der Waals surface area contributed by atoms with Crippen LogP contribution in [0, 0.1) is 19.1 Å². The van der Waals surface area contributed by atoms with Gasteiger partial charge in [0.05, 0.1) is 5.52 Å². The van der Waals surface area contributed by atoms with E-state index in [0.29, 0.717) is 17.4 Å². The molecule has 5 nitrogen and oxygen atoms in total. The van der Waals surface area contributed by atoms with Crippen molar-refractivity contribution in [2.75, 3.05) is 0 Å². The Morgan fingerprint density at radius 2 is 1.42 bits per heavy atom. The fourth-order valence-electron chi connectivity index (χ4n) is 9.26. The van der Waals surface area contributed by atoms with E-state index in [9.17, 15) is 0 Å². The van der Waals surface area contributed by atoms with Crippen LogP contribution in [-0.2, 0) is 42.2 Å². The molecule has 2 aliphatic heterocycles. The summed E-state index contributed by atoms with van der Waals surface area (Å²) in [7, 11) is 0. The summed E-state index contributed by atoms with van der Waals surface area (Å²) in [6, 6.07) is 43.5. The summed E-state index contributed by atoms with van der Waals surface area (Å²) in [4.78, 5) is 10.3. The second-order valence-corrected chi connectivity index (χ2v) is 16.0. The summed E-state index contributed by atoms with van der Waals surface area (Å²) in [5, 5.41) is 2.32. The topological polar surface area (TPSA) is 48.6 Å².